The van der Waals surface area contributed by atoms with Crippen LogP contribution < -0.4 is 4.90 Å². The number of benzene rings is 1. The van der Waals surface area contributed by atoms with Gasteiger partial charge in [-0.05, 0) is 18.6 Å². The van der Waals surface area contributed by atoms with Crippen molar-refractivity contribution in [2.75, 3.05) is 11.4 Å². The molecular formula is C17H19F6NO2S. The van der Waals surface area contributed by atoms with Gasteiger partial charge in [-0.25, -0.2) is 0 Å². The molecule has 3 nitrogen and oxygen atoms in total. The van der Waals surface area contributed by atoms with E-state index < -0.39 is 23.5 Å². The summed E-state index contributed by atoms with van der Waals surface area (Å²) in [5.41, 5.74) is -6.05. The van der Waals surface area contributed by atoms with Gasteiger partial charge in [-0.3, -0.25) is 4.79 Å². The van der Waals surface area contributed by atoms with Crippen molar-refractivity contribution in [1.82, 2.24) is 0 Å². The lowest BCUT2D eigenvalue weighted by Gasteiger charge is -2.37. The molecule has 152 valence electrons. The molecule has 1 N–H and O–H groups in total. The number of amides is 1. The lowest BCUT2D eigenvalue weighted by atomic mass is 9.92. The number of thioether (sulfide) groups is 1. The molecule has 0 radical (unpaired) electrons. The molecule has 1 aliphatic rings. The zero-order valence-corrected chi connectivity index (χ0v) is 15.6. The molecule has 0 spiro atoms. The second-order valence-corrected chi connectivity index (χ2v) is 7.98. The number of alkyl halides is 6. The number of halogens is 6. The second kappa shape index (κ2) is 7.20. The molecule has 0 fully saturated rings. The number of aliphatic hydroxyl groups is 1. The third-order valence-corrected chi connectivity index (χ3v) is 5.78. The van der Waals surface area contributed by atoms with Gasteiger partial charge in [0, 0.05) is 28.2 Å². The highest BCUT2D eigenvalue weighted by Crippen LogP contribution is 2.52. The molecule has 27 heavy (non-hydrogen) atoms. The van der Waals surface area contributed by atoms with Crippen molar-refractivity contribution >= 4 is 23.4 Å². The first-order valence-electron chi connectivity index (χ1n) is 8.22. The fraction of sp³-hybridized carbons (Fsp3) is 0.588. The molecule has 1 aliphatic heterocycles. The van der Waals surface area contributed by atoms with Crippen LogP contribution in [-0.4, -0.2) is 35.2 Å². The van der Waals surface area contributed by atoms with Gasteiger partial charge in [-0.1, -0.05) is 26.8 Å². The van der Waals surface area contributed by atoms with Gasteiger partial charge < -0.3 is 10.0 Å². The number of anilines is 1. The first kappa shape index (κ1) is 21.9. The topological polar surface area (TPSA) is 40.5 Å². The summed E-state index contributed by atoms with van der Waals surface area (Å²) < 4.78 is 78.8. The third kappa shape index (κ3) is 3.78. The maximum atomic E-state index is 13.1. The van der Waals surface area contributed by atoms with Crippen molar-refractivity contribution in [3.8, 4) is 0 Å². The Morgan fingerprint density at radius 1 is 1.22 bits per heavy atom. The van der Waals surface area contributed by atoms with E-state index in [2.05, 4.69) is 0 Å². The van der Waals surface area contributed by atoms with Gasteiger partial charge in [-0.2, -0.15) is 26.3 Å². The number of hydrogen-bond acceptors (Lipinski definition) is 3. The van der Waals surface area contributed by atoms with Gasteiger partial charge in [0.2, 0.25) is 5.91 Å². The number of nitrogens with zero attached hydrogens (tertiary/aromatic N) is 1. The fourth-order valence-corrected chi connectivity index (χ4v) is 4.04. The normalized spacial score (nSPS) is 18.6. The summed E-state index contributed by atoms with van der Waals surface area (Å²) in [5, 5.41) is 9.42. The van der Waals surface area contributed by atoms with Crippen molar-refractivity contribution in [2.24, 2.45) is 5.92 Å². The predicted molar refractivity (Wildman–Crippen MR) is 89.6 cm³/mol. The Hall–Kier alpha value is -1.42. The van der Waals surface area contributed by atoms with Crippen LogP contribution in [0.3, 0.4) is 0 Å². The van der Waals surface area contributed by atoms with Crippen molar-refractivity contribution in [1.29, 1.82) is 0 Å². The number of rotatable bonds is 3. The molecule has 0 aliphatic carbocycles. The van der Waals surface area contributed by atoms with Crippen molar-refractivity contribution in [2.45, 2.75) is 55.3 Å². The minimum Gasteiger partial charge on any atom is -0.369 e. The van der Waals surface area contributed by atoms with E-state index >= 15 is 0 Å². The van der Waals surface area contributed by atoms with Crippen LogP contribution in [0.1, 0.15) is 32.8 Å². The summed E-state index contributed by atoms with van der Waals surface area (Å²) in [4.78, 5) is 13.9. The summed E-state index contributed by atoms with van der Waals surface area (Å²) in [6.45, 7) is 5.44. The third-order valence-electron chi connectivity index (χ3n) is 4.38. The minimum absolute atomic E-state index is 0.103. The summed E-state index contributed by atoms with van der Waals surface area (Å²) in [7, 11) is 0. The molecule has 1 atom stereocenters. The van der Waals surface area contributed by atoms with E-state index in [0.29, 0.717) is 25.1 Å². The average Bonchev–Trinajstić information content (AvgIpc) is 2.56. The smallest absolute Gasteiger partial charge is 0.369 e. The van der Waals surface area contributed by atoms with Gasteiger partial charge in [0.1, 0.15) is 0 Å². The molecule has 1 unspecified atom stereocenters. The van der Waals surface area contributed by atoms with E-state index in [1.807, 2.05) is 6.92 Å². The van der Waals surface area contributed by atoms with Gasteiger partial charge in [-0.15, -0.1) is 11.8 Å². The SMILES string of the molecule is CCC1CN(C(=O)C(C)C)c2ccc(C(O)(C(F)(F)F)C(F)(F)F)cc2S1. The summed E-state index contributed by atoms with van der Waals surface area (Å²) in [6.07, 6.45) is -11.3. The highest BCUT2D eigenvalue weighted by atomic mass is 32.2. The Morgan fingerprint density at radius 2 is 1.78 bits per heavy atom. The number of carbonyl (C=O) groups is 1. The van der Waals surface area contributed by atoms with Crippen LogP contribution in [0.5, 0.6) is 0 Å². The summed E-state index contributed by atoms with van der Waals surface area (Å²) in [6, 6.07) is 2.29. The Bertz CT molecular complexity index is 702. The van der Waals surface area contributed by atoms with Crippen molar-refractivity contribution < 1.29 is 36.2 Å². The van der Waals surface area contributed by atoms with Crippen LogP contribution >= 0.6 is 11.8 Å². The minimum atomic E-state index is -5.95. The zero-order valence-electron chi connectivity index (χ0n) is 14.8. The Kier molecular flexibility index (Phi) is 5.83. The lowest BCUT2D eigenvalue weighted by molar-refractivity contribution is -0.376. The highest BCUT2D eigenvalue weighted by Gasteiger charge is 2.71. The van der Waals surface area contributed by atoms with Crippen LogP contribution in [0.4, 0.5) is 32.0 Å². The first-order chi connectivity index (χ1) is 12.2. The Labute approximate surface area is 156 Å². The molecule has 1 aromatic rings. The van der Waals surface area contributed by atoms with Crippen LogP contribution in [0.25, 0.3) is 0 Å². The van der Waals surface area contributed by atoms with E-state index in [9.17, 15) is 36.2 Å². The van der Waals surface area contributed by atoms with E-state index in [-0.39, 0.29) is 27.7 Å². The van der Waals surface area contributed by atoms with Gasteiger partial charge >= 0.3 is 12.4 Å². The predicted octanol–water partition coefficient (Wildman–Crippen LogP) is 4.87. The number of fused-ring (bicyclic) bond motifs is 1. The molecule has 0 saturated heterocycles. The average molecular weight is 415 g/mol. The quantitative estimate of drug-likeness (QED) is 0.716. The van der Waals surface area contributed by atoms with Gasteiger partial charge in [0.25, 0.3) is 5.60 Å². The number of carbonyl (C=O) groups excluding carboxylic acids is 1. The van der Waals surface area contributed by atoms with Gasteiger partial charge in [0.15, 0.2) is 0 Å². The molecule has 1 heterocycles. The van der Waals surface area contributed by atoms with E-state index in [1.54, 1.807) is 13.8 Å². The van der Waals surface area contributed by atoms with Crippen molar-refractivity contribution in [3.05, 3.63) is 23.8 Å². The molecule has 0 bridgehead atoms. The lowest BCUT2D eigenvalue weighted by Crippen LogP contribution is -2.54. The Morgan fingerprint density at radius 3 is 2.22 bits per heavy atom. The molecule has 1 amide bonds. The second-order valence-electron chi connectivity index (χ2n) is 6.64. The molecule has 1 aromatic carbocycles. The highest BCUT2D eigenvalue weighted by molar-refractivity contribution is 8.00. The van der Waals surface area contributed by atoms with Crippen molar-refractivity contribution in [3.63, 3.8) is 0 Å². The molecule has 0 saturated carbocycles. The first-order valence-corrected chi connectivity index (χ1v) is 9.10. The summed E-state index contributed by atoms with van der Waals surface area (Å²) >= 11 is 1.10. The maximum absolute atomic E-state index is 13.1. The van der Waals surface area contributed by atoms with Crippen LogP contribution in [-0.2, 0) is 10.4 Å². The number of hydrogen-bond donors (Lipinski definition) is 1. The largest absolute Gasteiger partial charge is 0.430 e. The molecule has 10 heteroatoms. The Balaban J connectivity index is 2.62. The van der Waals surface area contributed by atoms with Crippen LogP contribution in [0.2, 0.25) is 0 Å². The van der Waals surface area contributed by atoms with Crippen LogP contribution in [0.15, 0.2) is 23.1 Å². The summed E-state index contributed by atoms with van der Waals surface area (Å²) in [5.74, 6) is -0.662. The zero-order chi connectivity index (χ0) is 20.8. The standard InChI is InChI=1S/C17H19F6NO2S/c1-4-11-8-24(14(25)9(2)3)12-6-5-10(7-13(12)27-11)15(26,16(18,19)20)17(21,22)23/h5-7,9,11,26H,4,8H2,1-3H3. The molecular weight excluding hydrogens is 396 g/mol. The van der Waals surface area contributed by atoms with E-state index in [0.717, 1.165) is 17.8 Å². The monoisotopic (exact) mass is 415 g/mol. The fourth-order valence-electron chi connectivity index (χ4n) is 2.80. The van der Waals surface area contributed by atoms with Gasteiger partial charge in [0.05, 0.1) is 5.69 Å². The van der Waals surface area contributed by atoms with E-state index in [4.69, 9.17) is 0 Å². The van der Waals surface area contributed by atoms with E-state index in [1.165, 1.54) is 4.90 Å². The maximum Gasteiger partial charge on any atom is 0.430 e. The van der Waals surface area contributed by atoms with Crippen LogP contribution in [0, 0.1) is 5.92 Å². The molecule has 0 aromatic heterocycles. The molecule has 2 rings (SSSR count).